The van der Waals surface area contributed by atoms with Crippen molar-refractivity contribution in [2.75, 3.05) is 5.32 Å². The molecule has 0 aliphatic carbocycles. The van der Waals surface area contributed by atoms with Crippen LogP contribution in [0.1, 0.15) is 5.56 Å². The van der Waals surface area contributed by atoms with E-state index in [2.05, 4.69) is 25.5 Å². The van der Waals surface area contributed by atoms with Crippen LogP contribution in [0.4, 0.5) is 36.2 Å². The second-order valence-electron chi connectivity index (χ2n) is 7.31. The molecule has 1 aromatic heterocycles. The van der Waals surface area contributed by atoms with Crippen LogP contribution in [0.3, 0.4) is 0 Å². The molecule has 36 heavy (non-hydrogen) atoms. The number of phenolic OH excluding ortho intramolecular Hbond substituents is 1. The SMILES string of the molecule is O=S(=O)(O)c1cc(O)ccc1/N=N/c1ccccc1-c1ccnc(Nc2ccc(C(F)(F)F)cc2)n1. The van der Waals surface area contributed by atoms with Crippen LogP contribution in [0.2, 0.25) is 0 Å². The molecule has 0 fully saturated rings. The predicted octanol–water partition coefficient (Wildman–Crippen LogP) is 6.27. The van der Waals surface area contributed by atoms with Gasteiger partial charge in [-0.25, -0.2) is 9.97 Å². The van der Waals surface area contributed by atoms with Gasteiger partial charge in [-0.1, -0.05) is 18.2 Å². The van der Waals surface area contributed by atoms with Crippen molar-refractivity contribution in [3.05, 3.63) is 84.6 Å². The molecule has 0 amide bonds. The number of nitrogens with zero attached hydrogens (tertiary/aromatic N) is 4. The first kappa shape index (κ1) is 24.8. The summed E-state index contributed by atoms with van der Waals surface area (Å²) in [6.45, 7) is 0. The molecule has 0 saturated carbocycles. The second-order valence-corrected chi connectivity index (χ2v) is 8.70. The van der Waals surface area contributed by atoms with Crippen molar-refractivity contribution < 1.29 is 31.2 Å². The van der Waals surface area contributed by atoms with Gasteiger partial charge in [0.15, 0.2) is 0 Å². The summed E-state index contributed by atoms with van der Waals surface area (Å²) >= 11 is 0. The summed E-state index contributed by atoms with van der Waals surface area (Å²) in [5.74, 6) is -0.262. The summed E-state index contributed by atoms with van der Waals surface area (Å²) in [4.78, 5) is 7.85. The van der Waals surface area contributed by atoms with Crippen LogP contribution in [0.5, 0.6) is 5.75 Å². The van der Waals surface area contributed by atoms with E-state index < -0.39 is 26.8 Å². The van der Waals surface area contributed by atoms with Gasteiger partial charge in [-0.05, 0) is 48.5 Å². The molecule has 1 heterocycles. The average Bonchev–Trinajstić information content (AvgIpc) is 2.83. The van der Waals surface area contributed by atoms with Crippen LogP contribution in [-0.4, -0.2) is 28.0 Å². The molecule has 9 nitrogen and oxygen atoms in total. The Hall–Kier alpha value is -4.36. The third-order valence-electron chi connectivity index (χ3n) is 4.79. The Morgan fingerprint density at radius 1 is 0.889 bits per heavy atom. The molecule has 3 N–H and O–H groups in total. The summed E-state index contributed by atoms with van der Waals surface area (Å²) in [6, 6.07) is 15.8. The quantitative estimate of drug-likeness (QED) is 0.203. The minimum absolute atomic E-state index is 0.117. The van der Waals surface area contributed by atoms with Gasteiger partial charge in [-0.2, -0.15) is 21.6 Å². The highest BCUT2D eigenvalue weighted by Crippen LogP contribution is 2.34. The molecule has 0 saturated heterocycles. The molecule has 0 radical (unpaired) electrons. The molecule has 184 valence electrons. The van der Waals surface area contributed by atoms with Crippen molar-refractivity contribution in [3.8, 4) is 17.0 Å². The monoisotopic (exact) mass is 515 g/mol. The molecule has 4 aromatic rings. The van der Waals surface area contributed by atoms with E-state index in [9.17, 15) is 31.2 Å². The molecule has 0 atom stereocenters. The van der Waals surface area contributed by atoms with E-state index in [0.29, 0.717) is 22.6 Å². The molecular formula is C23H16F3N5O4S. The Labute approximate surface area is 202 Å². The van der Waals surface area contributed by atoms with E-state index in [1.165, 1.54) is 30.5 Å². The molecule has 0 aliphatic rings. The molecule has 0 spiro atoms. The maximum Gasteiger partial charge on any atom is 0.416 e. The number of aromatic hydroxyl groups is 1. The smallest absolute Gasteiger partial charge is 0.416 e. The summed E-state index contributed by atoms with van der Waals surface area (Å²) in [7, 11) is -4.67. The maximum absolute atomic E-state index is 12.8. The molecule has 0 aliphatic heterocycles. The van der Waals surface area contributed by atoms with E-state index >= 15 is 0 Å². The van der Waals surface area contributed by atoms with E-state index in [0.717, 1.165) is 18.2 Å². The number of azo groups is 1. The van der Waals surface area contributed by atoms with Gasteiger partial charge in [0.25, 0.3) is 10.1 Å². The molecular weight excluding hydrogens is 499 g/mol. The first-order valence-corrected chi connectivity index (χ1v) is 11.5. The fourth-order valence-electron chi connectivity index (χ4n) is 3.12. The average molecular weight is 515 g/mol. The lowest BCUT2D eigenvalue weighted by molar-refractivity contribution is -0.137. The van der Waals surface area contributed by atoms with E-state index in [4.69, 9.17) is 0 Å². The van der Waals surface area contributed by atoms with Crippen LogP contribution in [-0.2, 0) is 16.3 Å². The van der Waals surface area contributed by atoms with Gasteiger partial charge in [0.2, 0.25) is 5.95 Å². The predicted molar refractivity (Wildman–Crippen MR) is 124 cm³/mol. The highest BCUT2D eigenvalue weighted by atomic mass is 32.2. The number of benzene rings is 3. The second kappa shape index (κ2) is 9.71. The fourth-order valence-corrected chi connectivity index (χ4v) is 3.76. The zero-order valence-electron chi connectivity index (χ0n) is 18.0. The molecule has 4 rings (SSSR count). The van der Waals surface area contributed by atoms with Crippen molar-refractivity contribution in [1.82, 2.24) is 9.97 Å². The topological polar surface area (TPSA) is 137 Å². The Balaban J connectivity index is 1.63. The lowest BCUT2D eigenvalue weighted by Gasteiger charge is -2.10. The molecule has 13 heteroatoms. The number of hydrogen-bond donors (Lipinski definition) is 3. The van der Waals surface area contributed by atoms with Crippen molar-refractivity contribution >= 4 is 33.1 Å². The fraction of sp³-hybridized carbons (Fsp3) is 0.0435. The number of aromatic nitrogens is 2. The molecule has 3 aromatic carbocycles. The third-order valence-corrected chi connectivity index (χ3v) is 5.67. The van der Waals surface area contributed by atoms with Crippen molar-refractivity contribution in [2.24, 2.45) is 10.2 Å². The van der Waals surface area contributed by atoms with E-state index in [-0.39, 0.29) is 17.4 Å². The van der Waals surface area contributed by atoms with Gasteiger partial charge >= 0.3 is 6.18 Å². The van der Waals surface area contributed by atoms with Gasteiger partial charge in [0.05, 0.1) is 16.9 Å². The van der Waals surface area contributed by atoms with Crippen LogP contribution in [0.25, 0.3) is 11.3 Å². The Kier molecular flexibility index (Phi) is 6.68. The van der Waals surface area contributed by atoms with Crippen LogP contribution >= 0.6 is 0 Å². The third kappa shape index (κ3) is 5.82. The normalized spacial score (nSPS) is 12.1. The number of hydrogen-bond acceptors (Lipinski definition) is 8. The van der Waals surface area contributed by atoms with Crippen LogP contribution in [0.15, 0.2) is 94.1 Å². The molecule has 0 bridgehead atoms. The van der Waals surface area contributed by atoms with E-state index in [1.54, 1.807) is 30.3 Å². The van der Waals surface area contributed by atoms with Crippen LogP contribution in [0, 0.1) is 0 Å². The Bertz CT molecular complexity index is 1540. The number of rotatable bonds is 6. The standard InChI is InChI=1S/C23H16F3N5O4S/c24-23(25,26)14-5-7-15(8-6-14)28-22-27-12-11-18(29-22)17-3-1-2-4-19(17)30-31-20-10-9-16(32)13-21(20)36(33,34)35/h1-13,32H,(H,27,28,29)(H,33,34,35)/b31-30+. The van der Waals surface area contributed by atoms with Crippen molar-refractivity contribution in [1.29, 1.82) is 0 Å². The summed E-state index contributed by atoms with van der Waals surface area (Å²) in [6.07, 6.45) is -3.01. The number of nitrogens with one attached hydrogen (secondary N) is 1. The summed E-state index contributed by atoms with van der Waals surface area (Å²) in [5, 5.41) is 20.4. The number of halogens is 3. The van der Waals surface area contributed by atoms with Crippen LogP contribution < -0.4 is 5.32 Å². The van der Waals surface area contributed by atoms with Crippen molar-refractivity contribution in [3.63, 3.8) is 0 Å². The zero-order chi connectivity index (χ0) is 25.9. The lowest BCUT2D eigenvalue weighted by Crippen LogP contribution is -2.04. The highest BCUT2D eigenvalue weighted by Gasteiger charge is 2.30. The number of alkyl halides is 3. The Morgan fingerprint density at radius 3 is 2.28 bits per heavy atom. The first-order chi connectivity index (χ1) is 17.0. The largest absolute Gasteiger partial charge is 0.508 e. The highest BCUT2D eigenvalue weighted by molar-refractivity contribution is 7.86. The molecule has 0 unspecified atom stereocenters. The maximum atomic E-state index is 12.8. The van der Waals surface area contributed by atoms with E-state index in [1.807, 2.05) is 0 Å². The van der Waals surface area contributed by atoms with Gasteiger partial charge in [0.1, 0.15) is 16.3 Å². The summed E-state index contributed by atoms with van der Waals surface area (Å²) in [5.41, 5.74) is 0.551. The van der Waals surface area contributed by atoms with Gasteiger partial charge in [-0.15, -0.1) is 10.2 Å². The van der Waals surface area contributed by atoms with Gasteiger partial charge in [-0.3, -0.25) is 4.55 Å². The van der Waals surface area contributed by atoms with Gasteiger partial charge in [0, 0.05) is 23.5 Å². The number of phenols is 1. The first-order valence-electron chi connectivity index (χ1n) is 10.1. The minimum Gasteiger partial charge on any atom is -0.508 e. The van der Waals surface area contributed by atoms with Gasteiger partial charge < -0.3 is 10.4 Å². The zero-order valence-corrected chi connectivity index (χ0v) is 18.9. The lowest BCUT2D eigenvalue weighted by atomic mass is 10.1. The Morgan fingerprint density at radius 2 is 1.58 bits per heavy atom. The number of anilines is 2. The minimum atomic E-state index is -4.67. The van der Waals surface area contributed by atoms with Crippen molar-refractivity contribution in [2.45, 2.75) is 11.1 Å². The summed E-state index contributed by atoms with van der Waals surface area (Å²) < 4.78 is 71.0.